The van der Waals surface area contributed by atoms with Crippen LogP contribution in [-0.4, -0.2) is 15.2 Å². The lowest BCUT2D eigenvalue weighted by Gasteiger charge is -2.10. The maximum Gasteiger partial charge on any atom is 0.315 e. The van der Waals surface area contributed by atoms with E-state index in [0.29, 0.717) is 11.9 Å². The standard InChI is InChI=1S/C11H13ClN4O/c1-7(12)10-15-16-11(17-10)14-8(2)9-4-3-5-13-6-9/h3-8H,1-2H3,(H,14,16). The highest BCUT2D eigenvalue weighted by molar-refractivity contribution is 6.20. The molecule has 2 heterocycles. The van der Waals surface area contributed by atoms with E-state index in [2.05, 4.69) is 20.5 Å². The maximum absolute atomic E-state index is 5.84. The smallest absolute Gasteiger partial charge is 0.315 e. The molecule has 0 aromatic carbocycles. The Bertz CT molecular complexity index is 471. The molecule has 0 aliphatic carbocycles. The molecule has 2 aromatic rings. The summed E-state index contributed by atoms with van der Waals surface area (Å²) in [6.45, 7) is 3.77. The van der Waals surface area contributed by atoms with Crippen molar-refractivity contribution < 1.29 is 4.42 Å². The van der Waals surface area contributed by atoms with Gasteiger partial charge in [0.15, 0.2) is 0 Å². The Morgan fingerprint density at radius 2 is 2.18 bits per heavy atom. The molecule has 2 rings (SSSR count). The van der Waals surface area contributed by atoms with Gasteiger partial charge in [0.05, 0.1) is 6.04 Å². The van der Waals surface area contributed by atoms with E-state index in [1.165, 1.54) is 0 Å². The summed E-state index contributed by atoms with van der Waals surface area (Å²) in [4.78, 5) is 4.05. The second-order valence-corrected chi connectivity index (χ2v) is 4.37. The van der Waals surface area contributed by atoms with Crippen LogP contribution in [-0.2, 0) is 0 Å². The number of nitrogens with one attached hydrogen (secondary N) is 1. The van der Waals surface area contributed by atoms with E-state index in [1.807, 2.05) is 19.1 Å². The number of rotatable bonds is 4. The SMILES string of the molecule is CC(Cl)c1nnc(NC(C)c2cccnc2)o1. The molecule has 0 aliphatic rings. The van der Waals surface area contributed by atoms with E-state index in [0.717, 1.165) is 5.56 Å². The number of hydrogen-bond acceptors (Lipinski definition) is 5. The summed E-state index contributed by atoms with van der Waals surface area (Å²) in [5, 5.41) is 10.5. The molecule has 2 atom stereocenters. The van der Waals surface area contributed by atoms with Gasteiger partial charge in [-0.15, -0.1) is 16.7 Å². The Balaban J connectivity index is 2.05. The van der Waals surface area contributed by atoms with E-state index in [1.54, 1.807) is 19.3 Å². The highest BCUT2D eigenvalue weighted by atomic mass is 35.5. The molecule has 0 saturated heterocycles. The third-order valence-corrected chi connectivity index (χ3v) is 2.49. The molecular weight excluding hydrogens is 240 g/mol. The van der Waals surface area contributed by atoms with E-state index in [4.69, 9.17) is 16.0 Å². The minimum Gasteiger partial charge on any atom is -0.406 e. The first-order valence-electron chi connectivity index (χ1n) is 5.30. The Morgan fingerprint density at radius 3 is 2.76 bits per heavy atom. The van der Waals surface area contributed by atoms with Crippen molar-refractivity contribution >= 4 is 17.6 Å². The van der Waals surface area contributed by atoms with Crippen LogP contribution in [0.2, 0.25) is 0 Å². The van der Waals surface area contributed by atoms with Gasteiger partial charge in [0.2, 0.25) is 5.89 Å². The van der Waals surface area contributed by atoms with Crippen molar-refractivity contribution in [2.75, 3.05) is 5.32 Å². The number of anilines is 1. The van der Waals surface area contributed by atoms with Crippen molar-refractivity contribution in [1.29, 1.82) is 0 Å². The molecular formula is C11H13ClN4O. The second kappa shape index (κ2) is 5.14. The number of hydrogen-bond donors (Lipinski definition) is 1. The molecule has 0 spiro atoms. The van der Waals surface area contributed by atoms with Gasteiger partial charge in [-0.05, 0) is 25.5 Å². The van der Waals surface area contributed by atoms with Crippen molar-refractivity contribution in [1.82, 2.24) is 15.2 Å². The minimum absolute atomic E-state index is 0.0441. The third kappa shape index (κ3) is 2.94. The first-order valence-corrected chi connectivity index (χ1v) is 5.74. The summed E-state index contributed by atoms with van der Waals surface area (Å²) in [5.74, 6) is 0.410. The van der Waals surface area contributed by atoms with E-state index >= 15 is 0 Å². The molecule has 2 aromatic heterocycles. The van der Waals surface area contributed by atoms with Crippen LogP contribution in [0.15, 0.2) is 28.9 Å². The average Bonchev–Trinajstić information content (AvgIpc) is 2.79. The molecule has 1 N–H and O–H groups in total. The Hall–Kier alpha value is -1.62. The molecule has 0 amide bonds. The number of halogens is 1. The van der Waals surface area contributed by atoms with Crippen LogP contribution in [0.25, 0.3) is 0 Å². The van der Waals surface area contributed by atoms with Crippen molar-refractivity contribution in [3.63, 3.8) is 0 Å². The lowest BCUT2D eigenvalue weighted by molar-refractivity contribution is 0.501. The molecule has 6 heteroatoms. The molecule has 5 nitrogen and oxygen atoms in total. The van der Waals surface area contributed by atoms with Gasteiger partial charge in [0.1, 0.15) is 5.38 Å². The molecule has 90 valence electrons. The number of pyridine rings is 1. The first kappa shape index (κ1) is 11.9. The van der Waals surface area contributed by atoms with Gasteiger partial charge < -0.3 is 9.73 Å². The van der Waals surface area contributed by atoms with Gasteiger partial charge in [-0.2, -0.15) is 0 Å². The van der Waals surface area contributed by atoms with Crippen LogP contribution >= 0.6 is 11.6 Å². The topological polar surface area (TPSA) is 63.8 Å². The zero-order chi connectivity index (χ0) is 12.3. The molecule has 0 bridgehead atoms. The van der Waals surface area contributed by atoms with Gasteiger partial charge in [0, 0.05) is 12.4 Å². The predicted molar refractivity (Wildman–Crippen MR) is 64.8 cm³/mol. The van der Waals surface area contributed by atoms with Crippen molar-refractivity contribution in [2.24, 2.45) is 0 Å². The van der Waals surface area contributed by atoms with E-state index in [-0.39, 0.29) is 11.4 Å². The Labute approximate surface area is 104 Å². The zero-order valence-electron chi connectivity index (χ0n) is 9.59. The second-order valence-electron chi connectivity index (χ2n) is 3.71. The van der Waals surface area contributed by atoms with Crippen LogP contribution in [0, 0.1) is 0 Å². The van der Waals surface area contributed by atoms with Crippen LogP contribution in [0.1, 0.15) is 36.7 Å². The van der Waals surface area contributed by atoms with Crippen LogP contribution < -0.4 is 5.32 Å². The highest BCUT2D eigenvalue weighted by Gasteiger charge is 2.13. The molecule has 0 saturated carbocycles. The summed E-state index contributed by atoms with van der Waals surface area (Å²) in [6.07, 6.45) is 3.52. The zero-order valence-corrected chi connectivity index (χ0v) is 10.3. The van der Waals surface area contributed by atoms with Crippen LogP contribution in [0.5, 0.6) is 0 Å². The van der Waals surface area contributed by atoms with Crippen molar-refractivity contribution in [3.05, 3.63) is 36.0 Å². The molecule has 17 heavy (non-hydrogen) atoms. The first-order chi connectivity index (χ1) is 8.16. The monoisotopic (exact) mass is 252 g/mol. The maximum atomic E-state index is 5.84. The molecule has 2 unspecified atom stereocenters. The quantitative estimate of drug-likeness (QED) is 0.848. The summed E-state index contributed by atoms with van der Waals surface area (Å²) >= 11 is 5.84. The molecule has 0 radical (unpaired) electrons. The van der Waals surface area contributed by atoms with E-state index in [9.17, 15) is 0 Å². The normalized spacial score (nSPS) is 14.3. The van der Waals surface area contributed by atoms with Crippen molar-refractivity contribution in [3.8, 4) is 0 Å². The van der Waals surface area contributed by atoms with Gasteiger partial charge >= 0.3 is 6.01 Å². The van der Waals surface area contributed by atoms with Gasteiger partial charge in [-0.25, -0.2) is 0 Å². The fourth-order valence-electron chi connectivity index (χ4n) is 1.35. The summed E-state index contributed by atoms with van der Waals surface area (Å²) in [5.41, 5.74) is 1.05. The van der Waals surface area contributed by atoms with Gasteiger partial charge in [0.25, 0.3) is 0 Å². The largest absolute Gasteiger partial charge is 0.406 e. The van der Waals surface area contributed by atoms with Gasteiger partial charge in [-0.3, -0.25) is 4.98 Å². The number of nitrogens with zero attached hydrogens (tertiary/aromatic N) is 3. The van der Waals surface area contributed by atoms with Crippen molar-refractivity contribution in [2.45, 2.75) is 25.3 Å². The fraction of sp³-hybridized carbons (Fsp3) is 0.364. The number of aromatic nitrogens is 3. The summed E-state index contributed by atoms with van der Waals surface area (Å²) in [6, 6.07) is 4.27. The minimum atomic E-state index is -0.285. The Morgan fingerprint density at radius 1 is 1.35 bits per heavy atom. The lowest BCUT2D eigenvalue weighted by atomic mass is 10.1. The van der Waals surface area contributed by atoms with Crippen LogP contribution in [0.3, 0.4) is 0 Å². The van der Waals surface area contributed by atoms with E-state index < -0.39 is 0 Å². The number of alkyl halides is 1. The average molecular weight is 253 g/mol. The highest BCUT2D eigenvalue weighted by Crippen LogP contribution is 2.22. The Kier molecular flexibility index (Phi) is 3.58. The molecule has 0 aliphatic heterocycles. The van der Waals surface area contributed by atoms with Crippen LogP contribution in [0.4, 0.5) is 6.01 Å². The fourth-order valence-corrected chi connectivity index (χ4v) is 1.44. The predicted octanol–water partition coefficient (Wildman–Crippen LogP) is 2.94. The summed E-state index contributed by atoms with van der Waals surface area (Å²) in [7, 11) is 0. The lowest BCUT2D eigenvalue weighted by Crippen LogP contribution is -2.06. The third-order valence-electron chi connectivity index (χ3n) is 2.31. The molecule has 0 fully saturated rings. The van der Waals surface area contributed by atoms with Gasteiger partial charge in [-0.1, -0.05) is 11.2 Å². The summed E-state index contributed by atoms with van der Waals surface area (Å²) < 4.78 is 5.35.